The summed E-state index contributed by atoms with van der Waals surface area (Å²) in [7, 11) is 2.20. The smallest absolute Gasteiger partial charge is 0.155 e. The Labute approximate surface area is 152 Å². The molecule has 4 nitrogen and oxygen atoms in total. The van der Waals surface area contributed by atoms with Gasteiger partial charge in [-0.05, 0) is 44.0 Å². The van der Waals surface area contributed by atoms with Gasteiger partial charge in [0.25, 0.3) is 0 Å². The van der Waals surface area contributed by atoms with Gasteiger partial charge >= 0.3 is 0 Å². The van der Waals surface area contributed by atoms with Crippen LogP contribution in [0.3, 0.4) is 0 Å². The summed E-state index contributed by atoms with van der Waals surface area (Å²) < 4.78 is 5.60. The summed E-state index contributed by atoms with van der Waals surface area (Å²) in [4.78, 5) is 16.7. The van der Waals surface area contributed by atoms with E-state index in [1.165, 1.54) is 35.8 Å². The van der Waals surface area contributed by atoms with Gasteiger partial charge in [-0.3, -0.25) is 4.79 Å². The topological polar surface area (TPSA) is 45.3 Å². The average Bonchev–Trinajstić information content (AvgIpc) is 2.90. The van der Waals surface area contributed by atoms with Crippen molar-refractivity contribution >= 4 is 28.3 Å². The van der Waals surface area contributed by atoms with Crippen LogP contribution in [0, 0.1) is 5.92 Å². The molecule has 132 valence electrons. The number of hydrogen-bond donors (Lipinski definition) is 1. The summed E-state index contributed by atoms with van der Waals surface area (Å²) in [5.74, 6) is 0.956. The molecule has 0 saturated carbocycles. The first-order valence-corrected chi connectivity index (χ1v) is 9.20. The number of carbonyl (C=O) groups excluding carboxylic acids is 1. The van der Waals surface area contributed by atoms with Crippen molar-refractivity contribution in [3.63, 3.8) is 0 Å². The van der Waals surface area contributed by atoms with Crippen molar-refractivity contribution < 1.29 is 9.53 Å². The molecule has 1 aromatic carbocycles. The fourth-order valence-corrected chi connectivity index (χ4v) is 4.83. The van der Waals surface area contributed by atoms with Gasteiger partial charge in [0.05, 0.1) is 12.9 Å². The number of hydrogen-bond acceptors (Lipinski definition) is 3. The van der Waals surface area contributed by atoms with Crippen LogP contribution in [0.5, 0.6) is 0 Å². The summed E-state index contributed by atoms with van der Waals surface area (Å²) in [6.07, 6.45) is 5.10. The molecule has 0 spiro atoms. The van der Waals surface area contributed by atoms with E-state index in [2.05, 4.69) is 35.1 Å². The molecular formula is C20H23ClN2O2. The Bertz CT molecular complexity index is 842. The molecule has 1 aromatic heterocycles. The standard InChI is InChI=1S/C20H23ClN2O2/c1-12(24)6-7-25-11-13-8-15-14-4-3-5-17-19(14)16(20(21)22-17)9-18(15)23(2)10-13/h3-7,13,15,18,22H,8-11H2,1-2H3/t13?,15?,18-/m1/s1. The van der Waals surface area contributed by atoms with Crippen molar-refractivity contribution in [2.75, 3.05) is 20.2 Å². The second-order valence-corrected chi connectivity index (χ2v) is 7.73. The maximum atomic E-state index is 11.0. The minimum Gasteiger partial charge on any atom is -0.501 e. The van der Waals surface area contributed by atoms with Gasteiger partial charge < -0.3 is 14.6 Å². The van der Waals surface area contributed by atoms with E-state index in [4.69, 9.17) is 16.3 Å². The molecule has 2 aromatic rings. The third kappa shape index (κ3) is 2.98. The predicted octanol–water partition coefficient (Wildman–Crippen LogP) is 3.90. The number of aromatic nitrogens is 1. The van der Waals surface area contributed by atoms with Gasteiger partial charge in [-0.1, -0.05) is 23.7 Å². The number of halogens is 1. The molecule has 1 saturated heterocycles. The van der Waals surface area contributed by atoms with E-state index in [0.29, 0.717) is 24.5 Å². The van der Waals surface area contributed by atoms with Crippen molar-refractivity contribution in [3.8, 4) is 0 Å². The van der Waals surface area contributed by atoms with Crippen LogP contribution in [0.2, 0.25) is 5.15 Å². The maximum Gasteiger partial charge on any atom is 0.155 e. The molecule has 3 atom stereocenters. The number of likely N-dealkylation sites (tertiary alicyclic amines) is 1. The molecule has 1 N–H and O–H groups in total. The van der Waals surface area contributed by atoms with E-state index in [9.17, 15) is 4.79 Å². The Kier molecular flexibility index (Phi) is 4.34. The Balaban J connectivity index is 1.59. The highest BCUT2D eigenvalue weighted by molar-refractivity contribution is 6.32. The van der Waals surface area contributed by atoms with Crippen LogP contribution in [0.4, 0.5) is 0 Å². The number of rotatable bonds is 4. The SMILES string of the molecule is CC(=O)C=COCC1CC2c3cccc4[nH]c(Cl)c(c34)C[C@H]2N(C)C1. The lowest BCUT2D eigenvalue weighted by Crippen LogP contribution is -2.48. The highest BCUT2D eigenvalue weighted by atomic mass is 35.5. The number of nitrogens with one attached hydrogen (secondary N) is 1. The van der Waals surface area contributed by atoms with E-state index in [0.717, 1.165) is 30.1 Å². The van der Waals surface area contributed by atoms with Crippen molar-refractivity contribution in [1.29, 1.82) is 0 Å². The number of ketones is 1. The van der Waals surface area contributed by atoms with Gasteiger partial charge in [-0.15, -0.1) is 0 Å². The van der Waals surface area contributed by atoms with Gasteiger partial charge in [0.2, 0.25) is 0 Å². The predicted molar refractivity (Wildman–Crippen MR) is 100 cm³/mol. The van der Waals surface area contributed by atoms with Gasteiger partial charge in [-0.2, -0.15) is 0 Å². The summed E-state index contributed by atoms with van der Waals surface area (Å²) in [5.41, 5.74) is 3.81. The third-order valence-corrected chi connectivity index (χ3v) is 5.94. The lowest BCUT2D eigenvalue weighted by atomic mass is 9.72. The monoisotopic (exact) mass is 358 g/mol. The number of allylic oxidation sites excluding steroid dienone is 1. The Hall–Kier alpha value is -1.78. The Morgan fingerprint density at radius 3 is 3.12 bits per heavy atom. The van der Waals surface area contributed by atoms with E-state index >= 15 is 0 Å². The molecule has 1 aliphatic heterocycles. The summed E-state index contributed by atoms with van der Waals surface area (Å²) >= 11 is 6.46. The van der Waals surface area contributed by atoms with Gasteiger partial charge in [0, 0.05) is 41.4 Å². The van der Waals surface area contributed by atoms with Crippen LogP contribution in [0.1, 0.15) is 30.4 Å². The number of piperidine rings is 1. The van der Waals surface area contributed by atoms with Crippen LogP contribution >= 0.6 is 11.6 Å². The van der Waals surface area contributed by atoms with E-state index in [1.54, 1.807) is 0 Å². The minimum absolute atomic E-state index is 0.0108. The molecule has 0 amide bonds. The Morgan fingerprint density at radius 2 is 2.32 bits per heavy atom. The number of nitrogens with zero attached hydrogens (tertiary/aromatic N) is 1. The molecule has 25 heavy (non-hydrogen) atoms. The van der Waals surface area contributed by atoms with Crippen molar-refractivity contribution in [2.45, 2.75) is 31.7 Å². The highest BCUT2D eigenvalue weighted by Crippen LogP contribution is 2.46. The number of ether oxygens (including phenoxy) is 1. The maximum absolute atomic E-state index is 11.0. The van der Waals surface area contributed by atoms with Crippen LogP contribution in [-0.2, 0) is 16.0 Å². The van der Waals surface area contributed by atoms with E-state index in [1.807, 2.05) is 0 Å². The number of fused-ring (bicyclic) bond motifs is 2. The normalized spacial score (nSPS) is 26.1. The molecular weight excluding hydrogens is 336 g/mol. The van der Waals surface area contributed by atoms with Crippen LogP contribution in [-0.4, -0.2) is 41.9 Å². The highest BCUT2D eigenvalue weighted by Gasteiger charge is 2.40. The van der Waals surface area contributed by atoms with Gasteiger partial charge in [-0.25, -0.2) is 0 Å². The zero-order valence-corrected chi connectivity index (χ0v) is 15.3. The first-order valence-electron chi connectivity index (χ1n) is 8.82. The number of H-pyrrole nitrogens is 1. The molecule has 5 heteroatoms. The number of aromatic amines is 1. The van der Waals surface area contributed by atoms with Crippen LogP contribution < -0.4 is 0 Å². The largest absolute Gasteiger partial charge is 0.501 e. The van der Waals surface area contributed by atoms with Crippen LogP contribution in [0.25, 0.3) is 10.9 Å². The summed E-state index contributed by atoms with van der Waals surface area (Å²) in [6.45, 7) is 3.18. The van der Waals surface area contributed by atoms with E-state index < -0.39 is 0 Å². The average molecular weight is 359 g/mol. The van der Waals surface area contributed by atoms with Crippen molar-refractivity contribution in [2.24, 2.45) is 5.92 Å². The number of likely N-dealkylation sites (N-methyl/N-ethyl adjacent to an activating group) is 1. The van der Waals surface area contributed by atoms with Crippen LogP contribution in [0.15, 0.2) is 30.5 Å². The third-order valence-electron chi connectivity index (χ3n) is 5.62. The number of carbonyl (C=O) groups is 1. The lowest BCUT2D eigenvalue weighted by Gasteiger charge is -2.45. The fraction of sp³-hybridized carbons (Fsp3) is 0.450. The molecule has 0 bridgehead atoms. The van der Waals surface area contributed by atoms with Gasteiger partial charge in [0.1, 0.15) is 5.15 Å². The minimum atomic E-state index is 0.0108. The molecule has 2 aliphatic rings. The van der Waals surface area contributed by atoms with E-state index in [-0.39, 0.29) is 5.78 Å². The van der Waals surface area contributed by atoms with Crippen molar-refractivity contribution in [1.82, 2.24) is 9.88 Å². The van der Waals surface area contributed by atoms with Crippen molar-refractivity contribution in [3.05, 3.63) is 46.8 Å². The Morgan fingerprint density at radius 1 is 1.48 bits per heavy atom. The summed E-state index contributed by atoms with van der Waals surface area (Å²) in [6, 6.07) is 6.95. The first kappa shape index (κ1) is 16.7. The fourth-order valence-electron chi connectivity index (χ4n) is 4.55. The molecule has 4 rings (SSSR count). The molecule has 1 fully saturated rings. The molecule has 2 heterocycles. The molecule has 0 radical (unpaired) electrons. The first-order chi connectivity index (χ1) is 12.0. The lowest BCUT2D eigenvalue weighted by molar-refractivity contribution is -0.112. The molecule has 1 aliphatic carbocycles. The second kappa shape index (κ2) is 6.50. The second-order valence-electron chi connectivity index (χ2n) is 7.35. The zero-order chi connectivity index (χ0) is 17.6. The quantitative estimate of drug-likeness (QED) is 0.666. The number of benzene rings is 1. The molecule has 2 unspecified atom stereocenters. The summed E-state index contributed by atoms with van der Waals surface area (Å²) in [5, 5.41) is 2.11. The zero-order valence-electron chi connectivity index (χ0n) is 14.6. The van der Waals surface area contributed by atoms with Gasteiger partial charge in [0.15, 0.2) is 5.78 Å².